The van der Waals surface area contributed by atoms with Gasteiger partial charge in [0.15, 0.2) is 0 Å². The number of imidazole rings is 1. The van der Waals surface area contributed by atoms with E-state index in [9.17, 15) is 14.5 Å². The molecule has 0 saturated heterocycles. The second-order valence-corrected chi connectivity index (χ2v) is 3.32. The number of H-pyrrole nitrogens is 1. The highest BCUT2D eigenvalue weighted by molar-refractivity contribution is 5.61. The average Bonchev–Trinajstić information content (AvgIpc) is 2.78. The van der Waals surface area contributed by atoms with E-state index in [1.54, 1.807) is 6.20 Å². The van der Waals surface area contributed by atoms with Crippen LogP contribution < -0.4 is 5.32 Å². The van der Waals surface area contributed by atoms with Crippen molar-refractivity contribution in [3.8, 4) is 0 Å². The summed E-state index contributed by atoms with van der Waals surface area (Å²) in [5, 5.41) is 13.5. The predicted octanol–water partition coefficient (Wildman–Crippen LogP) is 2.07. The molecule has 2 aromatic rings. The van der Waals surface area contributed by atoms with Gasteiger partial charge in [0.2, 0.25) is 5.82 Å². The molecule has 0 amide bonds. The number of nitrogens with zero attached hydrogens (tertiary/aromatic N) is 2. The van der Waals surface area contributed by atoms with E-state index in [-0.39, 0.29) is 5.69 Å². The third kappa shape index (κ3) is 2.39. The summed E-state index contributed by atoms with van der Waals surface area (Å²) in [4.78, 5) is 16.6. The second kappa shape index (κ2) is 4.60. The second-order valence-electron chi connectivity index (χ2n) is 3.32. The van der Waals surface area contributed by atoms with Crippen molar-refractivity contribution in [1.82, 2.24) is 9.97 Å². The van der Waals surface area contributed by atoms with Crippen molar-refractivity contribution in [2.45, 2.75) is 6.54 Å². The normalized spacial score (nSPS) is 10.2. The lowest BCUT2D eigenvalue weighted by atomic mass is 10.2. The zero-order valence-corrected chi connectivity index (χ0v) is 8.68. The third-order valence-electron chi connectivity index (χ3n) is 2.19. The molecule has 17 heavy (non-hydrogen) atoms. The van der Waals surface area contributed by atoms with E-state index in [1.807, 2.05) is 0 Å². The molecule has 0 aliphatic rings. The molecule has 0 aliphatic carbocycles. The number of nitrogens with one attached hydrogen (secondary N) is 2. The molecule has 0 spiro atoms. The number of halogens is 1. The van der Waals surface area contributed by atoms with E-state index in [4.69, 9.17) is 0 Å². The van der Waals surface area contributed by atoms with Gasteiger partial charge in [-0.15, -0.1) is 0 Å². The molecule has 0 unspecified atom stereocenters. The van der Waals surface area contributed by atoms with Crippen LogP contribution in [0.5, 0.6) is 0 Å². The fraction of sp³-hybridized carbons (Fsp3) is 0.100. The maximum atomic E-state index is 13.3. The third-order valence-corrected chi connectivity index (χ3v) is 2.19. The summed E-state index contributed by atoms with van der Waals surface area (Å²) >= 11 is 0. The molecule has 0 fully saturated rings. The van der Waals surface area contributed by atoms with Crippen molar-refractivity contribution in [3.05, 3.63) is 52.3 Å². The van der Waals surface area contributed by atoms with Crippen LogP contribution in [-0.4, -0.2) is 14.9 Å². The number of hydrogen-bond acceptors (Lipinski definition) is 4. The van der Waals surface area contributed by atoms with Crippen LogP contribution in [0.15, 0.2) is 30.7 Å². The van der Waals surface area contributed by atoms with Gasteiger partial charge in [-0.05, 0) is 12.1 Å². The molecule has 1 heterocycles. The smallest absolute Gasteiger partial charge is 0.327 e. The molecular formula is C10H9FN4O2. The lowest BCUT2D eigenvalue weighted by Gasteiger charge is -2.05. The van der Waals surface area contributed by atoms with Crippen LogP contribution in [0.1, 0.15) is 5.69 Å². The Morgan fingerprint density at radius 3 is 3.00 bits per heavy atom. The van der Waals surface area contributed by atoms with Crippen molar-refractivity contribution in [2.75, 3.05) is 5.32 Å². The molecule has 1 aromatic heterocycles. The number of anilines is 1. The van der Waals surface area contributed by atoms with Crippen molar-refractivity contribution in [3.63, 3.8) is 0 Å². The van der Waals surface area contributed by atoms with Crippen LogP contribution in [0.25, 0.3) is 0 Å². The molecule has 0 bridgehead atoms. The molecule has 88 valence electrons. The molecule has 2 rings (SSSR count). The first-order valence-corrected chi connectivity index (χ1v) is 4.82. The van der Waals surface area contributed by atoms with Gasteiger partial charge in [-0.2, -0.15) is 4.39 Å². The van der Waals surface area contributed by atoms with E-state index >= 15 is 0 Å². The van der Waals surface area contributed by atoms with Crippen LogP contribution in [0.4, 0.5) is 15.8 Å². The summed E-state index contributed by atoms with van der Waals surface area (Å²) in [5.41, 5.74) is 0.347. The highest BCUT2D eigenvalue weighted by Gasteiger charge is 2.19. The number of aromatic nitrogens is 2. The summed E-state index contributed by atoms with van der Waals surface area (Å²) in [5.74, 6) is -0.857. The summed E-state index contributed by atoms with van der Waals surface area (Å²) in [6, 6.07) is 3.93. The lowest BCUT2D eigenvalue weighted by molar-refractivity contribution is -0.386. The number of para-hydroxylation sites is 1. The fourth-order valence-corrected chi connectivity index (χ4v) is 1.42. The molecule has 0 aliphatic heterocycles. The van der Waals surface area contributed by atoms with Crippen LogP contribution in [-0.2, 0) is 6.54 Å². The van der Waals surface area contributed by atoms with Gasteiger partial charge in [-0.25, -0.2) is 4.98 Å². The van der Waals surface area contributed by atoms with Crippen LogP contribution >= 0.6 is 0 Å². The Balaban J connectivity index is 2.21. The van der Waals surface area contributed by atoms with Gasteiger partial charge in [0.25, 0.3) is 0 Å². The van der Waals surface area contributed by atoms with E-state index in [0.717, 1.165) is 11.8 Å². The van der Waals surface area contributed by atoms with Gasteiger partial charge in [0, 0.05) is 6.20 Å². The standard InChI is InChI=1S/C10H9FN4O2/c11-8-2-1-3-9(10(8)15(16)17)13-5-7-4-12-6-14-7/h1-4,6,13H,5H2,(H,12,14). The van der Waals surface area contributed by atoms with Crippen molar-refractivity contribution >= 4 is 11.4 Å². The minimum absolute atomic E-state index is 0.143. The molecule has 1 aromatic carbocycles. The molecule has 6 nitrogen and oxygen atoms in total. The Morgan fingerprint density at radius 1 is 1.53 bits per heavy atom. The Morgan fingerprint density at radius 2 is 2.35 bits per heavy atom. The van der Waals surface area contributed by atoms with E-state index < -0.39 is 16.4 Å². The minimum atomic E-state index is -0.857. The van der Waals surface area contributed by atoms with Crippen molar-refractivity contribution in [1.29, 1.82) is 0 Å². The zero-order chi connectivity index (χ0) is 12.3. The number of benzene rings is 1. The van der Waals surface area contributed by atoms with Gasteiger partial charge in [0.1, 0.15) is 5.69 Å². The summed E-state index contributed by atoms with van der Waals surface area (Å²) in [7, 11) is 0. The highest BCUT2D eigenvalue weighted by atomic mass is 19.1. The largest absolute Gasteiger partial charge is 0.374 e. The Bertz CT molecular complexity index is 527. The lowest BCUT2D eigenvalue weighted by Crippen LogP contribution is -2.04. The Labute approximate surface area is 95.7 Å². The van der Waals surface area contributed by atoms with Gasteiger partial charge in [-0.1, -0.05) is 6.07 Å². The highest BCUT2D eigenvalue weighted by Crippen LogP contribution is 2.27. The first-order valence-electron chi connectivity index (χ1n) is 4.82. The maximum absolute atomic E-state index is 13.3. The van der Waals surface area contributed by atoms with Crippen molar-refractivity contribution < 1.29 is 9.31 Å². The van der Waals surface area contributed by atoms with Gasteiger partial charge in [-0.3, -0.25) is 10.1 Å². The Hall–Kier alpha value is -2.44. The van der Waals surface area contributed by atoms with Crippen molar-refractivity contribution in [2.24, 2.45) is 0 Å². The van der Waals surface area contributed by atoms with E-state index in [1.165, 1.54) is 18.5 Å². The average molecular weight is 236 g/mol. The topological polar surface area (TPSA) is 83.8 Å². The summed E-state index contributed by atoms with van der Waals surface area (Å²) < 4.78 is 13.3. The van der Waals surface area contributed by atoms with Crippen LogP contribution in [0, 0.1) is 15.9 Å². The minimum Gasteiger partial charge on any atom is -0.374 e. The summed E-state index contributed by atoms with van der Waals surface area (Å²) in [6.07, 6.45) is 3.08. The van der Waals surface area contributed by atoms with Crippen LogP contribution in [0.2, 0.25) is 0 Å². The SMILES string of the molecule is O=[N+]([O-])c1c(F)cccc1NCc1cnc[nH]1. The summed E-state index contributed by atoms with van der Waals surface area (Å²) in [6.45, 7) is 0.310. The Kier molecular flexibility index (Phi) is 2.99. The molecular weight excluding hydrogens is 227 g/mol. The number of hydrogen-bond donors (Lipinski definition) is 2. The van der Waals surface area contributed by atoms with E-state index in [2.05, 4.69) is 15.3 Å². The molecule has 0 atom stereocenters. The number of rotatable bonds is 4. The monoisotopic (exact) mass is 236 g/mol. The fourth-order valence-electron chi connectivity index (χ4n) is 1.42. The van der Waals surface area contributed by atoms with Gasteiger partial charge in [0.05, 0.1) is 23.5 Å². The number of nitro groups is 1. The first kappa shape index (κ1) is 11.1. The van der Waals surface area contributed by atoms with Crippen LogP contribution in [0.3, 0.4) is 0 Å². The maximum Gasteiger partial charge on any atom is 0.327 e. The van der Waals surface area contributed by atoms with Gasteiger partial charge < -0.3 is 10.3 Å². The zero-order valence-electron chi connectivity index (χ0n) is 8.68. The molecule has 0 saturated carbocycles. The van der Waals surface area contributed by atoms with Gasteiger partial charge >= 0.3 is 5.69 Å². The number of aromatic amines is 1. The number of nitro benzene ring substituents is 1. The molecule has 7 heteroatoms. The molecule has 0 radical (unpaired) electrons. The molecule has 2 N–H and O–H groups in total. The predicted molar refractivity (Wildman–Crippen MR) is 59.0 cm³/mol. The first-order chi connectivity index (χ1) is 8.18. The quantitative estimate of drug-likeness (QED) is 0.628. The van der Waals surface area contributed by atoms with E-state index in [0.29, 0.717) is 6.54 Å².